The van der Waals surface area contributed by atoms with Gasteiger partial charge in [-0.15, -0.1) is 10.2 Å². The van der Waals surface area contributed by atoms with E-state index in [1.807, 2.05) is 30.3 Å². The van der Waals surface area contributed by atoms with Crippen molar-refractivity contribution >= 4 is 22.4 Å². The van der Waals surface area contributed by atoms with Crippen LogP contribution < -0.4 is 11.1 Å². The van der Waals surface area contributed by atoms with E-state index in [4.69, 9.17) is 5.73 Å². The number of aryl methyl sites for hydroxylation is 1. The summed E-state index contributed by atoms with van der Waals surface area (Å²) in [7, 11) is 0. The summed E-state index contributed by atoms with van der Waals surface area (Å²) in [5.74, 6) is -0.0762. The summed E-state index contributed by atoms with van der Waals surface area (Å²) in [6.45, 7) is 0.634. The highest BCUT2D eigenvalue weighted by Crippen LogP contribution is 2.16. The van der Waals surface area contributed by atoms with Crippen molar-refractivity contribution in [3.63, 3.8) is 0 Å². The molecule has 6 heteroatoms. The number of amides is 1. The molecule has 0 aliphatic rings. The highest BCUT2D eigenvalue weighted by atomic mass is 32.1. The molecule has 5 nitrogen and oxygen atoms in total. The summed E-state index contributed by atoms with van der Waals surface area (Å²) in [6, 6.07) is 9.60. The third-order valence-corrected chi connectivity index (χ3v) is 3.41. The first-order chi connectivity index (χ1) is 9.28. The molecule has 2 rings (SSSR count). The Bertz CT molecular complexity index is 526. The monoisotopic (exact) mass is 276 g/mol. The molecular formula is C13H16N4OS. The zero-order valence-electron chi connectivity index (χ0n) is 10.5. The molecule has 0 aliphatic carbocycles. The van der Waals surface area contributed by atoms with Gasteiger partial charge in [0.1, 0.15) is 5.01 Å². The topological polar surface area (TPSA) is 80.9 Å². The van der Waals surface area contributed by atoms with Crippen LogP contribution in [0.4, 0.5) is 5.13 Å². The molecule has 1 amide bonds. The Morgan fingerprint density at radius 2 is 2.05 bits per heavy atom. The first kappa shape index (κ1) is 13.6. The van der Waals surface area contributed by atoms with Gasteiger partial charge in [0.25, 0.3) is 0 Å². The summed E-state index contributed by atoms with van der Waals surface area (Å²) in [6.07, 6.45) is 2.04. The van der Waals surface area contributed by atoms with E-state index >= 15 is 0 Å². The van der Waals surface area contributed by atoms with Crippen LogP contribution in [0.5, 0.6) is 0 Å². The fraction of sp³-hybridized carbons (Fsp3) is 0.308. The summed E-state index contributed by atoms with van der Waals surface area (Å²) in [5.41, 5.74) is 6.42. The lowest BCUT2D eigenvalue weighted by molar-refractivity contribution is -0.115. The molecule has 2 aromatic rings. The van der Waals surface area contributed by atoms with Crippen molar-refractivity contribution in [2.75, 3.05) is 11.9 Å². The molecule has 100 valence electrons. The van der Waals surface area contributed by atoms with Gasteiger partial charge < -0.3 is 11.1 Å². The largest absolute Gasteiger partial charge is 0.330 e. The van der Waals surface area contributed by atoms with Crippen molar-refractivity contribution in [2.45, 2.75) is 19.3 Å². The number of carbonyl (C=O) groups excluding carboxylic acids is 1. The molecule has 0 bridgehead atoms. The van der Waals surface area contributed by atoms with E-state index in [1.165, 1.54) is 11.3 Å². The van der Waals surface area contributed by atoms with E-state index in [9.17, 15) is 4.79 Å². The molecule has 0 saturated heterocycles. The van der Waals surface area contributed by atoms with Crippen molar-refractivity contribution in [3.05, 3.63) is 40.9 Å². The Hall–Kier alpha value is -1.79. The fourth-order valence-electron chi connectivity index (χ4n) is 1.60. The maximum absolute atomic E-state index is 11.8. The predicted octanol–water partition coefficient (Wildman–Crippen LogP) is 1.61. The minimum absolute atomic E-state index is 0.0762. The molecule has 0 atom stereocenters. The van der Waals surface area contributed by atoms with Gasteiger partial charge in [0.05, 0.1) is 6.42 Å². The minimum atomic E-state index is -0.0762. The van der Waals surface area contributed by atoms with Crippen LogP contribution in [-0.2, 0) is 17.6 Å². The van der Waals surface area contributed by atoms with Crippen LogP contribution in [0, 0.1) is 0 Å². The Morgan fingerprint density at radius 3 is 2.79 bits per heavy atom. The van der Waals surface area contributed by atoms with Crippen LogP contribution in [-0.4, -0.2) is 22.6 Å². The molecule has 19 heavy (non-hydrogen) atoms. The van der Waals surface area contributed by atoms with Gasteiger partial charge in [-0.3, -0.25) is 4.79 Å². The number of nitrogens with two attached hydrogens (primary N) is 1. The molecule has 1 aromatic carbocycles. The second-order valence-corrected chi connectivity index (χ2v) is 5.17. The van der Waals surface area contributed by atoms with Crippen LogP contribution in [0.2, 0.25) is 0 Å². The van der Waals surface area contributed by atoms with Crippen LogP contribution in [0.3, 0.4) is 0 Å². The molecule has 0 saturated carbocycles. The molecule has 0 aliphatic heterocycles. The summed E-state index contributed by atoms with van der Waals surface area (Å²) >= 11 is 1.40. The lowest BCUT2D eigenvalue weighted by Crippen LogP contribution is -2.14. The average molecular weight is 276 g/mol. The van der Waals surface area contributed by atoms with E-state index in [-0.39, 0.29) is 5.91 Å². The summed E-state index contributed by atoms with van der Waals surface area (Å²) in [4.78, 5) is 11.8. The van der Waals surface area contributed by atoms with Gasteiger partial charge in [0.15, 0.2) is 0 Å². The lowest BCUT2D eigenvalue weighted by atomic mass is 10.1. The van der Waals surface area contributed by atoms with Gasteiger partial charge in [-0.25, -0.2) is 0 Å². The average Bonchev–Trinajstić information content (AvgIpc) is 2.85. The van der Waals surface area contributed by atoms with E-state index in [2.05, 4.69) is 15.5 Å². The predicted molar refractivity (Wildman–Crippen MR) is 76.1 cm³/mol. The summed E-state index contributed by atoms with van der Waals surface area (Å²) < 4.78 is 0. The molecule has 0 spiro atoms. The molecular weight excluding hydrogens is 260 g/mol. The van der Waals surface area contributed by atoms with Crippen molar-refractivity contribution in [2.24, 2.45) is 5.73 Å². The number of hydrogen-bond donors (Lipinski definition) is 2. The van der Waals surface area contributed by atoms with E-state index in [1.54, 1.807) is 0 Å². The van der Waals surface area contributed by atoms with E-state index < -0.39 is 0 Å². The fourth-order valence-corrected chi connectivity index (χ4v) is 2.40. The van der Waals surface area contributed by atoms with Crippen LogP contribution in [0.15, 0.2) is 30.3 Å². The SMILES string of the molecule is NCCCc1nnc(NC(=O)Cc2ccccc2)s1. The minimum Gasteiger partial charge on any atom is -0.330 e. The molecule has 3 N–H and O–H groups in total. The van der Waals surface area contributed by atoms with Crippen molar-refractivity contribution < 1.29 is 4.79 Å². The van der Waals surface area contributed by atoms with Crippen molar-refractivity contribution in [1.29, 1.82) is 0 Å². The standard InChI is InChI=1S/C13H16N4OS/c14-8-4-7-12-16-17-13(19-12)15-11(18)9-10-5-2-1-3-6-10/h1-3,5-6H,4,7-9,14H2,(H,15,17,18). The Kier molecular flexibility index (Phi) is 5.00. The number of carbonyl (C=O) groups is 1. The second kappa shape index (κ2) is 6.96. The Balaban J connectivity index is 1.86. The first-order valence-electron chi connectivity index (χ1n) is 6.14. The molecule has 1 aromatic heterocycles. The lowest BCUT2D eigenvalue weighted by Gasteiger charge is -2.00. The highest BCUT2D eigenvalue weighted by molar-refractivity contribution is 7.15. The number of nitrogens with zero attached hydrogens (tertiary/aromatic N) is 2. The Morgan fingerprint density at radius 1 is 1.26 bits per heavy atom. The van der Waals surface area contributed by atoms with E-state index in [0.29, 0.717) is 18.1 Å². The highest BCUT2D eigenvalue weighted by Gasteiger charge is 2.08. The number of aromatic nitrogens is 2. The number of anilines is 1. The molecule has 1 heterocycles. The molecule has 0 fully saturated rings. The first-order valence-corrected chi connectivity index (χ1v) is 6.96. The smallest absolute Gasteiger partial charge is 0.230 e. The van der Waals surface area contributed by atoms with Gasteiger partial charge in [-0.2, -0.15) is 0 Å². The second-order valence-electron chi connectivity index (χ2n) is 4.10. The molecule has 0 unspecified atom stereocenters. The van der Waals surface area contributed by atoms with Gasteiger partial charge in [-0.05, 0) is 18.5 Å². The maximum atomic E-state index is 11.8. The number of rotatable bonds is 6. The third kappa shape index (κ3) is 4.42. The maximum Gasteiger partial charge on any atom is 0.230 e. The number of benzene rings is 1. The van der Waals surface area contributed by atoms with Gasteiger partial charge in [0, 0.05) is 6.42 Å². The van der Waals surface area contributed by atoms with Crippen LogP contribution in [0.1, 0.15) is 17.0 Å². The zero-order valence-corrected chi connectivity index (χ0v) is 11.3. The third-order valence-electron chi connectivity index (χ3n) is 2.52. The van der Waals surface area contributed by atoms with Crippen LogP contribution in [0.25, 0.3) is 0 Å². The zero-order chi connectivity index (χ0) is 13.5. The van der Waals surface area contributed by atoms with Crippen molar-refractivity contribution in [1.82, 2.24) is 10.2 Å². The quantitative estimate of drug-likeness (QED) is 0.840. The normalized spacial score (nSPS) is 10.4. The van der Waals surface area contributed by atoms with E-state index in [0.717, 1.165) is 23.4 Å². The Labute approximate surface area is 115 Å². The number of nitrogens with one attached hydrogen (secondary N) is 1. The van der Waals surface area contributed by atoms with Gasteiger partial charge in [-0.1, -0.05) is 41.7 Å². The number of hydrogen-bond acceptors (Lipinski definition) is 5. The van der Waals surface area contributed by atoms with Gasteiger partial charge >= 0.3 is 0 Å². The van der Waals surface area contributed by atoms with Crippen molar-refractivity contribution in [3.8, 4) is 0 Å². The van der Waals surface area contributed by atoms with Crippen LogP contribution >= 0.6 is 11.3 Å². The summed E-state index contributed by atoms with van der Waals surface area (Å²) in [5, 5.41) is 12.2. The molecule has 0 radical (unpaired) electrons. The van der Waals surface area contributed by atoms with Gasteiger partial charge in [0.2, 0.25) is 11.0 Å².